The lowest BCUT2D eigenvalue weighted by atomic mass is 9.90. The minimum Gasteiger partial charge on any atom is -0.477 e. The van der Waals surface area contributed by atoms with Crippen LogP contribution in [0.25, 0.3) is 16.3 Å². The quantitative estimate of drug-likeness (QED) is 0.382. The van der Waals surface area contributed by atoms with E-state index in [-0.39, 0.29) is 6.54 Å². The molecule has 0 radical (unpaired) electrons. The number of para-hydroxylation sites is 2. The molecular weight excluding hydrogens is 404 g/mol. The third-order valence-electron chi connectivity index (χ3n) is 5.67. The van der Waals surface area contributed by atoms with Crippen LogP contribution >= 0.6 is 11.3 Å². The Morgan fingerprint density at radius 2 is 1.97 bits per heavy atom. The minimum atomic E-state index is -0.831. The lowest BCUT2D eigenvalue weighted by Crippen LogP contribution is -2.39. The van der Waals surface area contributed by atoms with Crippen molar-refractivity contribution in [2.75, 3.05) is 11.9 Å². The SMILES string of the molecule is CCC(/C=C/c1sc2ccccc2[n+]1CC(=O)O)=C\CC1C=CN(C)c2ccccc21. The van der Waals surface area contributed by atoms with Gasteiger partial charge < -0.3 is 10.0 Å². The molecule has 31 heavy (non-hydrogen) atoms. The van der Waals surface area contributed by atoms with Crippen molar-refractivity contribution in [3.05, 3.63) is 89.1 Å². The van der Waals surface area contributed by atoms with Gasteiger partial charge in [0, 0.05) is 37.0 Å². The first-order valence-electron chi connectivity index (χ1n) is 10.6. The van der Waals surface area contributed by atoms with Gasteiger partial charge in [-0.15, -0.1) is 0 Å². The maximum atomic E-state index is 11.4. The predicted octanol–water partition coefficient (Wildman–Crippen LogP) is 5.76. The molecular formula is C26H27N2O2S+. The van der Waals surface area contributed by atoms with Gasteiger partial charge in [0.1, 0.15) is 4.70 Å². The maximum absolute atomic E-state index is 11.4. The number of aromatic nitrogens is 1. The maximum Gasteiger partial charge on any atom is 0.370 e. The Hall–Kier alpha value is -3.18. The number of hydrogen-bond donors (Lipinski definition) is 1. The van der Waals surface area contributed by atoms with Gasteiger partial charge in [-0.2, -0.15) is 4.57 Å². The molecule has 0 amide bonds. The molecule has 3 aromatic rings. The first-order valence-corrected chi connectivity index (χ1v) is 11.4. The summed E-state index contributed by atoms with van der Waals surface area (Å²) >= 11 is 1.62. The van der Waals surface area contributed by atoms with Gasteiger partial charge in [0.2, 0.25) is 12.1 Å². The van der Waals surface area contributed by atoms with Gasteiger partial charge in [0.05, 0.1) is 0 Å². The van der Waals surface area contributed by atoms with Gasteiger partial charge >= 0.3 is 5.97 Å². The highest BCUT2D eigenvalue weighted by Crippen LogP contribution is 2.35. The number of carbonyl (C=O) groups is 1. The molecule has 0 spiro atoms. The van der Waals surface area contributed by atoms with Gasteiger partial charge in [0.25, 0.3) is 5.01 Å². The summed E-state index contributed by atoms with van der Waals surface area (Å²) in [5, 5.41) is 10.3. The average Bonchev–Trinajstić information content (AvgIpc) is 3.12. The summed E-state index contributed by atoms with van der Waals surface area (Å²) in [6.07, 6.45) is 12.8. The van der Waals surface area contributed by atoms with E-state index in [0.29, 0.717) is 5.92 Å². The van der Waals surface area contributed by atoms with Crippen molar-refractivity contribution in [2.24, 2.45) is 0 Å². The Balaban J connectivity index is 1.58. The fraction of sp³-hybridized carbons (Fsp3) is 0.231. The van der Waals surface area contributed by atoms with E-state index in [9.17, 15) is 9.90 Å². The standard InChI is InChI=1S/C26H26N2O2S/c1-3-19(12-14-20-16-17-27(2)22-9-5-4-8-21(20)22)13-15-25-28(18-26(29)30)23-10-6-7-11-24(23)31-25/h4-13,15-17,20H,3,14,18H2,1-2H3/p+1/b15-13+,19-12+. The molecule has 1 atom stereocenters. The molecule has 2 heterocycles. The van der Waals surface area contributed by atoms with Gasteiger partial charge in [-0.1, -0.05) is 72.4 Å². The lowest BCUT2D eigenvalue weighted by Gasteiger charge is -2.27. The van der Waals surface area contributed by atoms with Crippen LogP contribution in [-0.4, -0.2) is 18.1 Å². The van der Waals surface area contributed by atoms with Crippen molar-refractivity contribution in [3.8, 4) is 0 Å². The van der Waals surface area contributed by atoms with E-state index in [1.54, 1.807) is 11.3 Å². The van der Waals surface area contributed by atoms with Crippen molar-refractivity contribution in [2.45, 2.75) is 32.2 Å². The minimum absolute atomic E-state index is 0.0357. The van der Waals surface area contributed by atoms with Crippen LogP contribution in [0, 0.1) is 0 Å². The van der Waals surface area contributed by atoms with E-state index in [0.717, 1.165) is 28.1 Å². The zero-order valence-corrected chi connectivity index (χ0v) is 18.7. The average molecular weight is 432 g/mol. The first kappa shape index (κ1) is 21.1. The summed E-state index contributed by atoms with van der Waals surface area (Å²) < 4.78 is 2.97. The normalized spacial score (nSPS) is 16.3. The second-order valence-corrected chi connectivity index (χ2v) is 8.77. The number of rotatable bonds is 7. The number of hydrogen-bond acceptors (Lipinski definition) is 3. The fourth-order valence-electron chi connectivity index (χ4n) is 4.01. The second-order valence-electron chi connectivity index (χ2n) is 7.71. The number of nitrogens with zero attached hydrogens (tertiary/aromatic N) is 2. The van der Waals surface area contributed by atoms with Gasteiger partial charge in [-0.25, -0.2) is 4.79 Å². The molecule has 0 bridgehead atoms. The van der Waals surface area contributed by atoms with Gasteiger partial charge in [0.15, 0.2) is 0 Å². The number of thiazole rings is 1. The smallest absolute Gasteiger partial charge is 0.370 e. The molecule has 4 nitrogen and oxygen atoms in total. The number of anilines is 1. The van der Waals surface area contributed by atoms with E-state index < -0.39 is 5.97 Å². The molecule has 5 heteroatoms. The molecule has 158 valence electrons. The highest BCUT2D eigenvalue weighted by molar-refractivity contribution is 7.18. The number of carboxylic acids is 1. The van der Waals surface area contributed by atoms with Crippen LogP contribution in [0.4, 0.5) is 5.69 Å². The molecule has 0 saturated carbocycles. The number of aliphatic carboxylic acids is 1. The van der Waals surface area contributed by atoms with E-state index in [4.69, 9.17) is 0 Å². The summed E-state index contributed by atoms with van der Waals surface area (Å²) in [5.41, 5.74) is 4.83. The van der Waals surface area contributed by atoms with Crippen LogP contribution < -0.4 is 9.47 Å². The largest absolute Gasteiger partial charge is 0.477 e. The summed E-state index contributed by atoms with van der Waals surface area (Å²) in [7, 11) is 2.08. The Bertz CT molecular complexity index is 1190. The molecule has 4 rings (SSSR count). The van der Waals surface area contributed by atoms with Crippen molar-refractivity contribution < 1.29 is 14.5 Å². The Morgan fingerprint density at radius 3 is 2.77 bits per heavy atom. The first-order chi connectivity index (χ1) is 15.1. The van der Waals surface area contributed by atoms with E-state index in [1.165, 1.54) is 16.8 Å². The summed E-state index contributed by atoms with van der Waals surface area (Å²) in [6, 6.07) is 16.5. The van der Waals surface area contributed by atoms with Crippen molar-refractivity contribution in [3.63, 3.8) is 0 Å². The fourth-order valence-corrected chi connectivity index (χ4v) is 5.07. The van der Waals surface area contributed by atoms with E-state index >= 15 is 0 Å². The Kier molecular flexibility index (Phi) is 6.33. The van der Waals surface area contributed by atoms with Crippen molar-refractivity contribution in [1.29, 1.82) is 0 Å². The molecule has 0 saturated heterocycles. The van der Waals surface area contributed by atoms with Crippen molar-refractivity contribution >= 4 is 39.3 Å². The number of fused-ring (bicyclic) bond motifs is 2. The predicted molar refractivity (Wildman–Crippen MR) is 128 cm³/mol. The van der Waals surface area contributed by atoms with Crippen LogP contribution in [0.15, 0.2) is 78.5 Å². The van der Waals surface area contributed by atoms with Gasteiger partial charge in [-0.05, 0) is 30.5 Å². The van der Waals surface area contributed by atoms with Crippen molar-refractivity contribution in [1.82, 2.24) is 0 Å². The zero-order valence-electron chi connectivity index (χ0n) is 17.9. The highest BCUT2D eigenvalue weighted by Gasteiger charge is 2.21. The van der Waals surface area contributed by atoms with Crippen LogP contribution in [0.3, 0.4) is 0 Å². The molecule has 0 fully saturated rings. The second kappa shape index (κ2) is 9.31. The highest BCUT2D eigenvalue weighted by atomic mass is 32.1. The summed E-state index contributed by atoms with van der Waals surface area (Å²) in [6.45, 7) is 2.12. The molecule has 1 aliphatic rings. The number of carboxylic acid groups (broad SMARTS) is 1. The monoisotopic (exact) mass is 431 g/mol. The third kappa shape index (κ3) is 4.62. The summed E-state index contributed by atoms with van der Waals surface area (Å²) in [5.74, 6) is -0.467. The summed E-state index contributed by atoms with van der Waals surface area (Å²) in [4.78, 5) is 13.6. The Morgan fingerprint density at radius 1 is 1.19 bits per heavy atom. The topological polar surface area (TPSA) is 44.4 Å². The number of allylic oxidation sites excluding steroid dienone is 4. The lowest BCUT2D eigenvalue weighted by molar-refractivity contribution is -0.657. The van der Waals surface area contributed by atoms with Crippen LogP contribution in [0.2, 0.25) is 0 Å². The molecule has 1 unspecified atom stereocenters. The van der Waals surface area contributed by atoms with Gasteiger partial charge in [-0.3, -0.25) is 0 Å². The van der Waals surface area contributed by atoms with Crippen LogP contribution in [-0.2, 0) is 11.3 Å². The zero-order chi connectivity index (χ0) is 21.8. The molecule has 0 aliphatic carbocycles. The van der Waals surface area contributed by atoms with Crippen LogP contribution in [0.5, 0.6) is 0 Å². The Labute approximate surface area is 187 Å². The number of benzene rings is 2. The molecule has 1 aliphatic heterocycles. The molecule has 2 aromatic carbocycles. The third-order valence-corrected chi connectivity index (χ3v) is 6.80. The molecule has 1 aromatic heterocycles. The van der Waals surface area contributed by atoms with E-state index in [2.05, 4.69) is 73.6 Å². The van der Waals surface area contributed by atoms with Crippen LogP contribution in [0.1, 0.15) is 36.3 Å². The molecule has 1 N–H and O–H groups in total. The van der Waals surface area contributed by atoms with E-state index in [1.807, 2.05) is 28.8 Å².